The van der Waals surface area contributed by atoms with E-state index in [1.807, 2.05) is 0 Å². The van der Waals surface area contributed by atoms with Gasteiger partial charge in [-0.05, 0) is 18.2 Å². The predicted molar refractivity (Wildman–Crippen MR) is 77.7 cm³/mol. The van der Waals surface area contributed by atoms with Crippen LogP contribution in [0, 0.1) is 5.82 Å². The second-order valence-corrected chi connectivity index (χ2v) is 7.03. The average molecular weight is 351 g/mol. The van der Waals surface area contributed by atoms with Crippen molar-refractivity contribution in [3.05, 3.63) is 34.6 Å². The number of aromatic nitrogens is 2. The molecule has 112 valence electrons. The third-order valence-corrected chi connectivity index (χ3v) is 3.77. The molecular formula is C10H8ClFN4O3S2. The minimum atomic E-state index is -3.49. The van der Waals surface area contributed by atoms with Gasteiger partial charge in [0, 0.05) is 5.02 Å². The molecule has 1 heterocycles. The first kappa shape index (κ1) is 15.6. The van der Waals surface area contributed by atoms with E-state index in [1.54, 1.807) is 0 Å². The molecule has 0 radical (unpaired) electrons. The molecule has 0 aliphatic heterocycles. The number of amides is 1. The molecule has 0 unspecified atom stereocenters. The minimum absolute atomic E-state index is 0.0145. The van der Waals surface area contributed by atoms with Crippen molar-refractivity contribution in [3.63, 3.8) is 0 Å². The van der Waals surface area contributed by atoms with Gasteiger partial charge in [-0.15, -0.1) is 10.2 Å². The maximum Gasteiger partial charge on any atom is 0.260 e. The van der Waals surface area contributed by atoms with E-state index in [2.05, 4.69) is 20.2 Å². The fraction of sp³-hybridized carbons (Fsp3) is 0.100. The lowest BCUT2D eigenvalue weighted by Crippen LogP contribution is -2.13. The molecule has 1 aromatic heterocycles. The largest absolute Gasteiger partial charge is 0.296 e. The van der Waals surface area contributed by atoms with Gasteiger partial charge in [0.1, 0.15) is 5.82 Å². The molecule has 2 aromatic rings. The first-order valence-corrected chi connectivity index (χ1v) is 8.41. The minimum Gasteiger partial charge on any atom is -0.296 e. The number of anilines is 2. The average Bonchev–Trinajstić information content (AvgIpc) is 2.77. The number of nitrogens with zero attached hydrogens (tertiary/aromatic N) is 2. The fourth-order valence-electron chi connectivity index (χ4n) is 1.31. The van der Waals surface area contributed by atoms with E-state index in [0.29, 0.717) is 0 Å². The quantitative estimate of drug-likeness (QED) is 0.877. The topological polar surface area (TPSA) is 101 Å². The molecule has 21 heavy (non-hydrogen) atoms. The second-order valence-electron chi connectivity index (χ2n) is 3.86. The summed E-state index contributed by atoms with van der Waals surface area (Å²) in [6, 6.07) is 3.55. The molecule has 1 aromatic carbocycles. The first-order chi connectivity index (χ1) is 9.74. The van der Waals surface area contributed by atoms with Gasteiger partial charge >= 0.3 is 0 Å². The molecule has 0 saturated heterocycles. The normalized spacial score (nSPS) is 11.2. The van der Waals surface area contributed by atoms with E-state index in [1.165, 1.54) is 12.1 Å². The summed E-state index contributed by atoms with van der Waals surface area (Å²) in [7, 11) is -3.49. The summed E-state index contributed by atoms with van der Waals surface area (Å²) >= 11 is 6.48. The highest BCUT2D eigenvalue weighted by molar-refractivity contribution is 7.92. The van der Waals surface area contributed by atoms with Crippen LogP contribution in [-0.2, 0) is 10.0 Å². The van der Waals surface area contributed by atoms with Gasteiger partial charge in [-0.2, -0.15) is 0 Å². The molecule has 0 aliphatic carbocycles. The summed E-state index contributed by atoms with van der Waals surface area (Å²) in [5.74, 6) is -1.51. The van der Waals surface area contributed by atoms with Gasteiger partial charge in [0.05, 0.1) is 11.8 Å². The number of nitrogens with one attached hydrogen (secondary N) is 2. The summed E-state index contributed by atoms with van der Waals surface area (Å²) in [4.78, 5) is 11.9. The molecule has 0 atom stereocenters. The molecular weight excluding hydrogens is 343 g/mol. The molecule has 2 N–H and O–H groups in total. The van der Waals surface area contributed by atoms with Gasteiger partial charge in [-0.25, -0.2) is 12.8 Å². The number of benzene rings is 1. The molecule has 2 rings (SSSR count). The molecule has 7 nitrogen and oxygen atoms in total. The number of hydrogen-bond donors (Lipinski definition) is 2. The van der Waals surface area contributed by atoms with Crippen LogP contribution in [0.15, 0.2) is 18.2 Å². The third kappa shape index (κ3) is 4.34. The van der Waals surface area contributed by atoms with Gasteiger partial charge in [-0.3, -0.25) is 14.8 Å². The zero-order chi connectivity index (χ0) is 15.6. The number of rotatable bonds is 4. The zero-order valence-corrected chi connectivity index (χ0v) is 12.8. The molecule has 0 saturated carbocycles. The van der Waals surface area contributed by atoms with Crippen molar-refractivity contribution < 1.29 is 17.6 Å². The Morgan fingerprint density at radius 1 is 1.33 bits per heavy atom. The summed E-state index contributed by atoms with van der Waals surface area (Å²) in [5, 5.41) is 9.62. The van der Waals surface area contributed by atoms with Crippen LogP contribution in [0.2, 0.25) is 5.02 Å². The Kier molecular flexibility index (Phi) is 4.40. The molecule has 0 fully saturated rings. The van der Waals surface area contributed by atoms with Crippen LogP contribution in [0.3, 0.4) is 0 Å². The van der Waals surface area contributed by atoms with Crippen LogP contribution in [0.5, 0.6) is 0 Å². The van der Waals surface area contributed by atoms with E-state index in [-0.39, 0.29) is 20.8 Å². The van der Waals surface area contributed by atoms with E-state index in [0.717, 1.165) is 23.7 Å². The van der Waals surface area contributed by atoms with Crippen LogP contribution < -0.4 is 10.0 Å². The van der Waals surface area contributed by atoms with Crippen LogP contribution in [0.4, 0.5) is 14.7 Å². The summed E-state index contributed by atoms with van der Waals surface area (Å²) in [6.07, 6.45) is 0.952. The summed E-state index contributed by atoms with van der Waals surface area (Å²) < 4.78 is 37.6. The number of halogens is 2. The monoisotopic (exact) mass is 350 g/mol. The van der Waals surface area contributed by atoms with E-state index in [4.69, 9.17) is 11.6 Å². The molecule has 0 aliphatic rings. The third-order valence-electron chi connectivity index (χ3n) is 2.09. The van der Waals surface area contributed by atoms with E-state index < -0.39 is 21.7 Å². The van der Waals surface area contributed by atoms with Gasteiger partial charge in [0.25, 0.3) is 5.91 Å². The maximum atomic E-state index is 13.5. The Hall–Kier alpha value is -1.78. The Morgan fingerprint density at radius 3 is 2.67 bits per heavy atom. The highest BCUT2D eigenvalue weighted by Gasteiger charge is 2.15. The van der Waals surface area contributed by atoms with Crippen molar-refractivity contribution in [2.24, 2.45) is 0 Å². The lowest BCUT2D eigenvalue weighted by molar-refractivity contribution is 0.102. The molecule has 1 amide bonds. The summed E-state index contributed by atoms with van der Waals surface area (Å²) in [5.41, 5.74) is -0.254. The van der Waals surface area contributed by atoms with Crippen LogP contribution in [-0.4, -0.2) is 30.8 Å². The Labute approximate surface area is 128 Å². The van der Waals surface area contributed by atoms with E-state index >= 15 is 0 Å². The van der Waals surface area contributed by atoms with Crippen LogP contribution in [0.1, 0.15) is 10.4 Å². The Balaban J connectivity index is 2.15. The van der Waals surface area contributed by atoms with Crippen molar-refractivity contribution >= 4 is 49.1 Å². The van der Waals surface area contributed by atoms with Crippen molar-refractivity contribution in [3.8, 4) is 0 Å². The predicted octanol–water partition coefficient (Wildman–Crippen LogP) is 1.95. The molecule has 0 spiro atoms. The number of carbonyl (C=O) groups excluding carboxylic acids is 1. The zero-order valence-electron chi connectivity index (χ0n) is 10.4. The standard InChI is InChI=1S/C10H8ClFN4O3S2/c1-21(18,19)16-10-15-14-9(20-10)13-8(17)6-4-5(11)2-3-7(6)12/h2-4H,1H3,(H,15,16)(H,13,14,17). The van der Waals surface area contributed by atoms with E-state index in [9.17, 15) is 17.6 Å². The van der Waals surface area contributed by atoms with Crippen molar-refractivity contribution in [2.75, 3.05) is 16.3 Å². The van der Waals surface area contributed by atoms with Gasteiger partial charge in [0.15, 0.2) is 0 Å². The Morgan fingerprint density at radius 2 is 2.00 bits per heavy atom. The highest BCUT2D eigenvalue weighted by atomic mass is 35.5. The molecule has 0 bridgehead atoms. The lowest BCUT2D eigenvalue weighted by atomic mass is 10.2. The van der Waals surface area contributed by atoms with Crippen LogP contribution in [0.25, 0.3) is 0 Å². The number of hydrogen-bond acceptors (Lipinski definition) is 6. The Bertz CT molecular complexity index is 793. The van der Waals surface area contributed by atoms with Gasteiger partial charge in [-0.1, -0.05) is 22.9 Å². The van der Waals surface area contributed by atoms with Gasteiger partial charge in [0.2, 0.25) is 20.3 Å². The molecule has 11 heteroatoms. The highest BCUT2D eigenvalue weighted by Crippen LogP contribution is 2.22. The lowest BCUT2D eigenvalue weighted by Gasteiger charge is -2.03. The maximum absolute atomic E-state index is 13.5. The van der Waals surface area contributed by atoms with Crippen molar-refractivity contribution in [1.82, 2.24) is 10.2 Å². The van der Waals surface area contributed by atoms with Crippen LogP contribution >= 0.6 is 22.9 Å². The summed E-state index contributed by atoms with van der Waals surface area (Å²) in [6.45, 7) is 0. The van der Waals surface area contributed by atoms with Gasteiger partial charge < -0.3 is 0 Å². The SMILES string of the molecule is CS(=O)(=O)Nc1nnc(NC(=O)c2cc(Cl)ccc2F)s1. The van der Waals surface area contributed by atoms with Crippen molar-refractivity contribution in [1.29, 1.82) is 0 Å². The fourth-order valence-corrected chi connectivity index (χ4v) is 2.95. The smallest absolute Gasteiger partial charge is 0.260 e. The number of sulfonamides is 1. The number of carbonyl (C=O) groups is 1. The second kappa shape index (κ2) is 5.92. The first-order valence-electron chi connectivity index (χ1n) is 5.32. The van der Waals surface area contributed by atoms with Crippen molar-refractivity contribution in [2.45, 2.75) is 0 Å².